The molecule has 0 aromatic heterocycles. The highest BCUT2D eigenvalue weighted by atomic mass is 16.7. The van der Waals surface area contributed by atoms with Crippen molar-refractivity contribution in [2.75, 3.05) is 6.61 Å². The number of hydrogen-bond acceptors (Lipinski definition) is 4. The van der Waals surface area contributed by atoms with Crippen LogP contribution >= 0.6 is 0 Å². The summed E-state index contributed by atoms with van der Waals surface area (Å²) >= 11 is 0. The minimum absolute atomic E-state index is 0.0858. The van der Waals surface area contributed by atoms with Gasteiger partial charge in [-0.05, 0) is 35.5 Å². The van der Waals surface area contributed by atoms with Crippen molar-refractivity contribution in [3.8, 4) is 0 Å². The third-order valence-electron chi connectivity index (χ3n) is 6.44. The Bertz CT molecular complexity index is 867. The fourth-order valence-electron chi connectivity index (χ4n) is 5.20. The van der Waals surface area contributed by atoms with Gasteiger partial charge in [-0.15, -0.1) is 0 Å². The zero-order valence-electron chi connectivity index (χ0n) is 16.8. The van der Waals surface area contributed by atoms with Crippen LogP contribution in [0.15, 0.2) is 72.5 Å². The van der Waals surface area contributed by atoms with Crippen LogP contribution in [0.1, 0.15) is 43.2 Å². The zero-order chi connectivity index (χ0) is 20.4. The van der Waals surface area contributed by atoms with E-state index in [1.54, 1.807) is 6.26 Å². The summed E-state index contributed by atoms with van der Waals surface area (Å²) in [4.78, 5) is 12.3. The van der Waals surface area contributed by atoms with Crippen LogP contribution in [-0.2, 0) is 9.47 Å². The summed E-state index contributed by atoms with van der Waals surface area (Å²) in [5.74, 6) is -0.225. The molecular weight excluding hydrogens is 366 g/mol. The summed E-state index contributed by atoms with van der Waals surface area (Å²) < 4.78 is 11.6. The van der Waals surface area contributed by atoms with Gasteiger partial charge in [0.15, 0.2) is 6.29 Å². The highest BCUT2D eigenvalue weighted by Crippen LogP contribution is 2.54. The van der Waals surface area contributed by atoms with E-state index < -0.39 is 6.04 Å². The SMILES string of the molecule is CCO[C@H]1C[C@@H]2C(=CO1)[C@@H](c1ccccc1)[C@H]([N+](=O)[O-])[C@H](c1ccccc1)[C@H]2C. The maximum absolute atomic E-state index is 12.4. The average Bonchev–Trinajstić information content (AvgIpc) is 2.75. The minimum Gasteiger partial charge on any atom is -0.473 e. The average molecular weight is 393 g/mol. The number of nitrogens with zero attached hydrogens (tertiary/aromatic N) is 1. The Balaban J connectivity index is 1.85. The molecule has 1 fully saturated rings. The first-order chi connectivity index (χ1) is 14.1. The normalized spacial score (nSPS) is 31.3. The molecule has 0 unspecified atom stereocenters. The lowest BCUT2D eigenvalue weighted by molar-refractivity contribution is -0.534. The molecule has 0 amide bonds. The molecule has 1 aliphatic heterocycles. The van der Waals surface area contributed by atoms with Gasteiger partial charge in [0, 0.05) is 18.0 Å². The van der Waals surface area contributed by atoms with E-state index in [9.17, 15) is 10.1 Å². The molecule has 0 bridgehead atoms. The molecule has 2 aromatic rings. The summed E-state index contributed by atoms with van der Waals surface area (Å²) in [5, 5.41) is 12.4. The van der Waals surface area contributed by atoms with Crippen LogP contribution < -0.4 is 0 Å². The van der Waals surface area contributed by atoms with Crippen LogP contribution in [0.3, 0.4) is 0 Å². The Morgan fingerprint density at radius 1 is 1.07 bits per heavy atom. The highest BCUT2D eigenvalue weighted by Gasteiger charge is 2.54. The molecule has 1 aliphatic carbocycles. The first-order valence-electron chi connectivity index (χ1n) is 10.3. The molecule has 2 aromatic carbocycles. The lowest BCUT2D eigenvalue weighted by Gasteiger charge is -2.46. The molecule has 2 aliphatic rings. The number of nitro groups is 1. The van der Waals surface area contributed by atoms with Crippen molar-refractivity contribution >= 4 is 0 Å². The van der Waals surface area contributed by atoms with Crippen molar-refractivity contribution in [1.82, 2.24) is 0 Å². The van der Waals surface area contributed by atoms with E-state index in [2.05, 4.69) is 6.92 Å². The van der Waals surface area contributed by atoms with Gasteiger partial charge in [-0.1, -0.05) is 67.6 Å². The molecule has 152 valence electrons. The van der Waals surface area contributed by atoms with Crippen molar-refractivity contribution in [2.24, 2.45) is 11.8 Å². The largest absolute Gasteiger partial charge is 0.473 e. The topological polar surface area (TPSA) is 61.6 Å². The van der Waals surface area contributed by atoms with Crippen LogP contribution in [0.5, 0.6) is 0 Å². The summed E-state index contributed by atoms with van der Waals surface area (Å²) in [6, 6.07) is 19.0. The van der Waals surface area contributed by atoms with Crippen molar-refractivity contribution in [2.45, 2.75) is 44.4 Å². The van der Waals surface area contributed by atoms with Crippen molar-refractivity contribution in [3.63, 3.8) is 0 Å². The van der Waals surface area contributed by atoms with Crippen LogP contribution in [-0.4, -0.2) is 23.9 Å². The molecule has 5 nitrogen and oxygen atoms in total. The maximum Gasteiger partial charge on any atom is 0.230 e. The predicted molar refractivity (Wildman–Crippen MR) is 111 cm³/mol. The van der Waals surface area contributed by atoms with E-state index in [0.717, 1.165) is 23.1 Å². The van der Waals surface area contributed by atoms with Crippen LogP contribution in [0.25, 0.3) is 0 Å². The molecule has 0 N–H and O–H groups in total. The number of benzene rings is 2. The molecule has 4 rings (SSSR count). The van der Waals surface area contributed by atoms with E-state index >= 15 is 0 Å². The number of fused-ring (bicyclic) bond motifs is 1. The zero-order valence-corrected chi connectivity index (χ0v) is 16.8. The standard InChI is InChI=1S/C24H27NO4/c1-3-28-21-14-19-16(2)22(17-10-6-4-7-11-17)24(25(26)27)23(20(19)15-29-21)18-12-8-5-9-13-18/h4-13,15-16,19,21-24H,3,14H2,1-2H3/t16-,19-,21+,22-,23+,24+/m0/s1. The number of ether oxygens (including phenoxy) is 2. The minimum atomic E-state index is -0.746. The van der Waals surface area contributed by atoms with E-state index in [0.29, 0.717) is 6.61 Å². The van der Waals surface area contributed by atoms with Crippen molar-refractivity contribution in [3.05, 3.63) is 93.7 Å². The molecular formula is C24H27NO4. The van der Waals surface area contributed by atoms with Gasteiger partial charge in [-0.2, -0.15) is 0 Å². The van der Waals surface area contributed by atoms with E-state index in [1.807, 2.05) is 67.6 Å². The molecule has 0 radical (unpaired) electrons. The van der Waals surface area contributed by atoms with Gasteiger partial charge < -0.3 is 9.47 Å². The third kappa shape index (κ3) is 3.67. The Morgan fingerprint density at radius 2 is 1.69 bits per heavy atom. The summed E-state index contributed by atoms with van der Waals surface area (Å²) in [6.07, 6.45) is 2.18. The molecule has 1 saturated carbocycles. The Morgan fingerprint density at radius 3 is 2.28 bits per heavy atom. The Kier molecular flexibility index (Phi) is 5.67. The number of hydrogen-bond donors (Lipinski definition) is 0. The smallest absolute Gasteiger partial charge is 0.230 e. The van der Waals surface area contributed by atoms with Gasteiger partial charge in [0.25, 0.3) is 0 Å². The van der Waals surface area contributed by atoms with Crippen molar-refractivity contribution < 1.29 is 14.4 Å². The van der Waals surface area contributed by atoms with Crippen LogP contribution in [0, 0.1) is 22.0 Å². The van der Waals surface area contributed by atoms with Gasteiger partial charge in [0.1, 0.15) is 0 Å². The second kappa shape index (κ2) is 8.37. The van der Waals surface area contributed by atoms with Gasteiger partial charge in [0.05, 0.1) is 18.1 Å². The second-order valence-electron chi connectivity index (χ2n) is 7.94. The Labute approximate surface area is 171 Å². The molecule has 6 atom stereocenters. The lowest BCUT2D eigenvalue weighted by atomic mass is 9.58. The van der Waals surface area contributed by atoms with E-state index in [1.165, 1.54) is 0 Å². The molecule has 0 saturated heterocycles. The quantitative estimate of drug-likeness (QED) is 0.522. The summed E-state index contributed by atoms with van der Waals surface area (Å²) in [5.41, 5.74) is 3.02. The van der Waals surface area contributed by atoms with E-state index in [4.69, 9.17) is 9.47 Å². The predicted octanol–water partition coefficient (Wildman–Crippen LogP) is 5.13. The maximum atomic E-state index is 12.4. The number of rotatable bonds is 5. The van der Waals surface area contributed by atoms with E-state index in [-0.39, 0.29) is 34.9 Å². The van der Waals surface area contributed by atoms with Gasteiger partial charge in [-0.3, -0.25) is 10.1 Å². The molecule has 1 heterocycles. The van der Waals surface area contributed by atoms with Crippen LogP contribution in [0.4, 0.5) is 0 Å². The summed E-state index contributed by atoms with van der Waals surface area (Å²) in [6.45, 7) is 4.67. The van der Waals surface area contributed by atoms with Gasteiger partial charge in [-0.25, -0.2) is 0 Å². The first kappa shape index (κ1) is 19.6. The fourth-order valence-corrected chi connectivity index (χ4v) is 5.20. The Hall–Kier alpha value is -2.66. The van der Waals surface area contributed by atoms with Crippen molar-refractivity contribution in [1.29, 1.82) is 0 Å². The van der Waals surface area contributed by atoms with Crippen LogP contribution in [0.2, 0.25) is 0 Å². The first-order valence-corrected chi connectivity index (χ1v) is 10.3. The molecule has 0 spiro atoms. The second-order valence-corrected chi connectivity index (χ2v) is 7.94. The molecule has 29 heavy (non-hydrogen) atoms. The fraction of sp³-hybridized carbons (Fsp3) is 0.417. The lowest BCUT2D eigenvalue weighted by Crippen LogP contribution is -2.48. The van der Waals surface area contributed by atoms with Gasteiger partial charge >= 0.3 is 0 Å². The highest BCUT2D eigenvalue weighted by molar-refractivity contribution is 5.38. The van der Waals surface area contributed by atoms with Gasteiger partial charge in [0.2, 0.25) is 6.04 Å². The molecule has 5 heteroatoms. The monoisotopic (exact) mass is 393 g/mol. The third-order valence-corrected chi connectivity index (χ3v) is 6.44. The summed E-state index contributed by atoms with van der Waals surface area (Å²) in [7, 11) is 0.